The molecule has 0 aliphatic heterocycles. The van der Waals surface area contributed by atoms with E-state index < -0.39 is 23.7 Å². The number of halogens is 4. The smallest absolute Gasteiger partial charge is 0.273 e. The molecule has 25 heavy (non-hydrogen) atoms. The SMILES string of the molecule is Cc1nn(C)c(F)c1/C=N/NC(=O)CCn1nc(C(F)(F)F)cc1C. The second-order valence-electron chi connectivity index (χ2n) is 5.35. The van der Waals surface area contributed by atoms with Crippen LogP contribution < -0.4 is 5.43 Å². The first kappa shape index (κ1) is 18.6. The lowest BCUT2D eigenvalue weighted by Gasteiger charge is -2.04. The summed E-state index contributed by atoms with van der Waals surface area (Å²) in [6, 6.07) is 0.907. The van der Waals surface area contributed by atoms with Crippen molar-refractivity contribution in [3.05, 3.63) is 34.7 Å². The van der Waals surface area contributed by atoms with E-state index in [9.17, 15) is 22.4 Å². The van der Waals surface area contributed by atoms with Crippen LogP contribution in [-0.2, 0) is 24.6 Å². The first-order valence-electron chi connectivity index (χ1n) is 7.22. The van der Waals surface area contributed by atoms with E-state index in [-0.39, 0.29) is 24.2 Å². The van der Waals surface area contributed by atoms with Crippen LogP contribution in [0.15, 0.2) is 11.2 Å². The molecule has 136 valence electrons. The average Bonchev–Trinajstić information content (AvgIpc) is 2.99. The number of amides is 1. The minimum Gasteiger partial charge on any atom is -0.273 e. The van der Waals surface area contributed by atoms with Crippen LogP contribution in [0.4, 0.5) is 17.6 Å². The molecule has 1 N–H and O–H groups in total. The molecule has 0 saturated carbocycles. The molecular weight excluding hydrogens is 344 g/mol. The van der Waals surface area contributed by atoms with Gasteiger partial charge in [-0.05, 0) is 19.9 Å². The van der Waals surface area contributed by atoms with Gasteiger partial charge in [-0.2, -0.15) is 32.9 Å². The van der Waals surface area contributed by atoms with Crippen LogP contribution in [-0.4, -0.2) is 31.7 Å². The Morgan fingerprint density at radius 1 is 1.36 bits per heavy atom. The van der Waals surface area contributed by atoms with Crippen molar-refractivity contribution < 1.29 is 22.4 Å². The van der Waals surface area contributed by atoms with Gasteiger partial charge in [0.1, 0.15) is 0 Å². The Morgan fingerprint density at radius 2 is 2.04 bits per heavy atom. The van der Waals surface area contributed by atoms with Crippen LogP contribution in [0.3, 0.4) is 0 Å². The van der Waals surface area contributed by atoms with E-state index in [2.05, 4.69) is 20.7 Å². The van der Waals surface area contributed by atoms with Gasteiger partial charge in [-0.1, -0.05) is 0 Å². The number of hydrogen-bond acceptors (Lipinski definition) is 4. The standard InChI is InChI=1S/C14H16F4N6O/c1-8-6-11(14(16,17)18)22-24(8)5-4-12(25)20-19-7-10-9(2)21-23(3)13(10)15/h6-7H,4-5H2,1-3H3,(H,20,25)/b19-7+. The molecule has 0 aliphatic carbocycles. The number of rotatable bonds is 5. The molecular formula is C14H16F4N6O. The summed E-state index contributed by atoms with van der Waals surface area (Å²) in [7, 11) is 1.43. The van der Waals surface area contributed by atoms with E-state index >= 15 is 0 Å². The Bertz CT molecular complexity index is 805. The second-order valence-corrected chi connectivity index (χ2v) is 5.35. The Balaban J connectivity index is 1.91. The van der Waals surface area contributed by atoms with Crippen molar-refractivity contribution in [3.8, 4) is 0 Å². The highest BCUT2D eigenvalue weighted by molar-refractivity contribution is 5.83. The number of hydrazone groups is 1. The molecule has 0 unspecified atom stereocenters. The second kappa shape index (κ2) is 7.03. The molecule has 2 rings (SSSR count). The largest absolute Gasteiger partial charge is 0.435 e. The van der Waals surface area contributed by atoms with Crippen molar-refractivity contribution in [2.24, 2.45) is 12.1 Å². The highest BCUT2D eigenvalue weighted by Crippen LogP contribution is 2.28. The minimum absolute atomic E-state index is 0.0381. The van der Waals surface area contributed by atoms with E-state index in [1.54, 1.807) is 6.92 Å². The van der Waals surface area contributed by atoms with Gasteiger partial charge in [-0.3, -0.25) is 9.48 Å². The third kappa shape index (κ3) is 4.43. The molecule has 11 heteroatoms. The quantitative estimate of drug-likeness (QED) is 0.503. The molecule has 0 fully saturated rings. The minimum atomic E-state index is -4.53. The molecule has 0 aromatic carbocycles. The summed E-state index contributed by atoms with van der Waals surface area (Å²) in [6.07, 6.45) is -3.55. The van der Waals surface area contributed by atoms with Crippen molar-refractivity contribution in [2.45, 2.75) is 33.0 Å². The van der Waals surface area contributed by atoms with Crippen molar-refractivity contribution in [2.75, 3.05) is 0 Å². The van der Waals surface area contributed by atoms with Gasteiger partial charge in [-0.15, -0.1) is 0 Å². The summed E-state index contributed by atoms with van der Waals surface area (Å²) in [4.78, 5) is 11.7. The fraction of sp³-hybridized carbons (Fsp3) is 0.429. The first-order chi connectivity index (χ1) is 11.6. The Kier molecular flexibility index (Phi) is 5.24. The number of hydrogen-bond donors (Lipinski definition) is 1. The number of aromatic nitrogens is 4. The number of aryl methyl sites for hydroxylation is 4. The molecule has 0 aliphatic rings. The zero-order valence-electron chi connectivity index (χ0n) is 13.7. The molecule has 2 aromatic heterocycles. The summed E-state index contributed by atoms with van der Waals surface area (Å²) in [5, 5.41) is 10.9. The predicted octanol–water partition coefficient (Wildman–Crippen LogP) is 1.93. The summed E-state index contributed by atoms with van der Waals surface area (Å²) >= 11 is 0. The highest BCUT2D eigenvalue weighted by atomic mass is 19.4. The van der Waals surface area contributed by atoms with Crippen LogP contribution in [0, 0.1) is 19.8 Å². The summed E-state index contributed by atoms with van der Waals surface area (Å²) < 4.78 is 53.5. The zero-order valence-corrected chi connectivity index (χ0v) is 13.7. The molecule has 0 spiro atoms. The first-order valence-corrected chi connectivity index (χ1v) is 7.22. The van der Waals surface area contributed by atoms with Crippen LogP contribution in [0.25, 0.3) is 0 Å². The monoisotopic (exact) mass is 360 g/mol. The number of carbonyl (C=O) groups is 1. The maximum absolute atomic E-state index is 13.7. The van der Waals surface area contributed by atoms with Gasteiger partial charge in [0.05, 0.1) is 24.0 Å². The number of nitrogens with one attached hydrogen (secondary N) is 1. The van der Waals surface area contributed by atoms with Gasteiger partial charge in [-0.25, -0.2) is 10.1 Å². The third-order valence-corrected chi connectivity index (χ3v) is 3.40. The van der Waals surface area contributed by atoms with Gasteiger partial charge < -0.3 is 0 Å². The van der Waals surface area contributed by atoms with E-state index in [1.165, 1.54) is 14.0 Å². The van der Waals surface area contributed by atoms with Crippen LogP contribution in [0.5, 0.6) is 0 Å². The zero-order chi connectivity index (χ0) is 18.8. The highest BCUT2D eigenvalue weighted by Gasteiger charge is 2.34. The van der Waals surface area contributed by atoms with Gasteiger partial charge >= 0.3 is 6.18 Å². The van der Waals surface area contributed by atoms with Crippen molar-refractivity contribution in [3.63, 3.8) is 0 Å². The van der Waals surface area contributed by atoms with E-state index in [4.69, 9.17) is 0 Å². The number of alkyl halides is 3. The van der Waals surface area contributed by atoms with E-state index in [0.29, 0.717) is 5.69 Å². The van der Waals surface area contributed by atoms with Crippen LogP contribution in [0.2, 0.25) is 0 Å². The molecule has 0 radical (unpaired) electrons. The van der Waals surface area contributed by atoms with Crippen molar-refractivity contribution >= 4 is 12.1 Å². The maximum Gasteiger partial charge on any atom is 0.435 e. The average molecular weight is 360 g/mol. The van der Waals surface area contributed by atoms with Crippen LogP contribution in [0.1, 0.15) is 29.1 Å². The fourth-order valence-electron chi connectivity index (χ4n) is 2.10. The fourth-order valence-corrected chi connectivity index (χ4v) is 2.10. The predicted molar refractivity (Wildman–Crippen MR) is 80.2 cm³/mol. The number of nitrogens with zero attached hydrogens (tertiary/aromatic N) is 5. The van der Waals surface area contributed by atoms with E-state index in [0.717, 1.165) is 21.6 Å². The van der Waals surface area contributed by atoms with Gasteiger partial charge in [0.25, 0.3) is 0 Å². The topological polar surface area (TPSA) is 77.1 Å². The summed E-state index contributed by atoms with van der Waals surface area (Å²) in [5.41, 5.74) is 2.01. The molecule has 1 amide bonds. The normalized spacial score (nSPS) is 12.1. The Morgan fingerprint density at radius 3 is 2.56 bits per heavy atom. The van der Waals surface area contributed by atoms with Crippen LogP contribution >= 0.6 is 0 Å². The van der Waals surface area contributed by atoms with Gasteiger partial charge in [0.15, 0.2) is 5.69 Å². The maximum atomic E-state index is 13.7. The van der Waals surface area contributed by atoms with E-state index in [1.807, 2.05) is 0 Å². The van der Waals surface area contributed by atoms with Gasteiger partial charge in [0, 0.05) is 19.2 Å². The lowest BCUT2D eigenvalue weighted by molar-refractivity contribution is -0.141. The number of carbonyl (C=O) groups excluding carboxylic acids is 1. The Hall–Kier alpha value is -2.72. The Labute approximate surface area is 140 Å². The molecule has 2 heterocycles. The molecule has 0 atom stereocenters. The lowest BCUT2D eigenvalue weighted by atomic mass is 10.3. The summed E-state index contributed by atoms with van der Waals surface area (Å²) in [5.74, 6) is -1.14. The molecule has 0 saturated heterocycles. The molecule has 7 nitrogen and oxygen atoms in total. The van der Waals surface area contributed by atoms with Crippen molar-refractivity contribution in [1.82, 2.24) is 25.0 Å². The summed E-state index contributed by atoms with van der Waals surface area (Å²) in [6.45, 7) is 3.01. The lowest BCUT2D eigenvalue weighted by Crippen LogP contribution is -2.20. The molecule has 2 aromatic rings. The molecule has 0 bridgehead atoms. The van der Waals surface area contributed by atoms with Crippen molar-refractivity contribution in [1.29, 1.82) is 0 Å². The van der Waals surface area contributed by atoms with Gasteiger partial charge in [0.2, 0.25) is 11.9 Å². The third-order valence-electron chi connectivity index (χ3n) is 3.40.